The van der Waals surface area contributed by atoms with Crippen molar-refractivity contribution in [1.82, 2.24) is 0 Å². The average molecular weight is 372 g/mol. The van der Waals surface area contributed by atoms with Crippen molar-refractivity contribution in [3.63, 3.8) is 0 Å². The van der Waals surface area contributed by atoms with Gasteiger partial charge in [-0.25, -0.2) is 0 Å². The Hall–Kier alpha value is -3.78. The van der Waals surface area contributed by atoms with E-state index in [2.05, 4.69) is 85.8 Å². The molecule has 0 aliphatic heterocycles. The topological polar surface area (TPSA) is 26.3 Å². The van der Waals surface area contributed by atoms with E-state index in [1.165, 1.54) is 16.3 Å². The molecule has 7 rings (SSSR count). The van der Waals surface area contributed by atoms with Gasteiger partial charge in [0.05, 0.1) is 0 Å². The molecule has 0 radical (unpaired) electrons. The molecule has 7 aromatic rings. The summed E-state index contributed by atoms with van der Waals surface area (Å²) in [6.07, 6.45) is 0. The van der Waals surface area contributed by atoms with Gasteiger partial charge in [0, 0.05) is 32.3 Å². The molecular formula is C27H16O2. The third kappa shape index (κ3) is 1.86. The predicted molar refractivity (Wildman–Crippen MR) is 121 cm³/mol. The van der Waals surface area contributed by atoms with Gasteiger partial charge >= 0.3 is 0 Å². The number of rotatable bonds is 0. The molecule has 2 aromatic heterocycles. The highest BCUT2D eigenvalue weighted by Crippen LogP contribution is 2.46. The third-order valence-corrected chi connectivity index (χ3v) is 6.09. The van der Waals surface area contributed by atoms with Crippen LogP contribution in [0.25, 0.3) is 65.4 Å². The molecule has 0 spiro atoms. The molecule has 0 unspecified atom stereocenters. The minimum atomic E-state index is 0.915. The van der Waals surface area contributed by atoms with Gasteiger partial charge in [0.2, 0.25) is 0 Å². The first kappa shape index (κ1) is 15.2. The lowest BCUT2D eigenvalue weighted by atomic mass is 9.97. The van der Waals surface area contributed by atoms with Gasteiger partial charge in [-0.3, -0.25) is 0 Å². The first-order valence-corrected chi connectivity index (χ1v) is 9.87. The molecule has 2 heteroatoms. The van der Waals surface area contributed by atoms with Gasteiger partial charge < -0.3 is 8.83 Å². The number of fused-ring (bicyclic) bond motifs is 12. The summed E-state index contributed by atoms with van der Waals surface area (Å²) in [4.78, 5) is 0. The van der Waals surface area contributed by atoms with E-state index in [1.54, 1.807) is 0 Å². The van der Waals surface area contributed by atoms with Crippen LogP contribution >= 0.6 is 0 Å². The number of hydrogen-bond donors (Lipinski definition) is 0. The maximum atomic E-state index is 6.49. The lowest BCUT2D eigenvalue weighted by Crippen LogP contribution is -1.79. The van der Waals surface area contributed by atoms with Gasteiger partial charge in [-0.15, -0.1) is 0 Å². The fraction of sp³-hybridized carbons (Fsp3) is 0.0370. The van der Waals surface area contributed by atoms with Crippen LogP contribution < -0.4 is 0 Å². The van der Waals surface area contributed by atoms with Crippen LogP contribution in [0.3, 0.4) is 0 Å². The molecule has 2 nitrogen and oxygen atoms in total. The van der Waals surface area contributed by atoms with E-state index in [1.807, 2.05) is 0 Å². The number of furan rings is 2. The molecule has 2 heterocycles. The van der Waals surface area contributed by atoms with E-state index in [-0.39, 0.29) is 0 Å². The molecule has 0 fully saturated rings. The minimum absolute atomic E-state index is 0.915. The second kappa shape index (κ2) is 5.18. The Labute approximate surface area is 165 Å². The SMILES string of the molecule is Cc1ccc2oc3c4ccccc4c4oc5ccc6ccccc6c5c4c3c2c1. The molecule has 0 amide bonds. The zero-order chi connectivity index (χ0) is 19.1. The van der Waals surface area contributed by atoms with E-state index < -0.39 is 0 Å². The highest BCUT2D eigenvalue weighted by Gasteiger charge is 2.21. The third-order valence-electron chi connectivity index (χ3n) is 6.09. The summed E-state index contributed by atoms with van der Waals surface area (Å²) >= 11 is 0. The molecular weight excluding hydrogens is 356 g/mol. The molecule has 0 N–H and O–H groups in total. The van der Waals surface area contributed by atoms with E-state index in [0.29, 0.717) is 0 Å². The first-order chi connectivity index (χ1) is 14.3. The molecule has 0 aliphatic carbocycles. The van der Waals surface area contributed by atoms with Crippen molar-refractivity contribution < 1.29 is 8.83 Å². The van der Waals surface area contributed by atoms with Crippen LogP contribution in [-0.2, 0) is 0 Å². The van der Waals surface area contributed by atoms with E-state index in [0.717, 1.165) is 54.6 Å². The van der Waals surface area contributed by atoms with Crippen LogP contribution in [0.1, 0.15) is 5.56 Å². The summed E-state index contributed by atoms with van der Waals surface area (Å²) in [7, 11) is 0. The summed E-state index contributed by atoms with van der Waals surface area (Å²) < 4.78 is 12.9. The van der Waals surface area contributed by atoms with Gasteiger partial charge in [-0.2, -0.15) is 0 Å². The Kier molecular flexibility index (Phi) is 2.71. The fourth-order valence-corrected chi connectivity index (χ4v) is 4.83. The second-order valence-corrected chi connectivity index (χ2v) is 7.82. The fourth-order valence-electron chi connectivity index (χ4n) is 4.83. The summed E-state index contributed by atoms with van der Waals surface area (Å²) in [6.45, 7) is 2.12. The molecule has 0 saturated heterocycles. The van der Waals surface area contributed by atoms with Crippen LogP contribution in [0.15, 0.2) is 87.7 Å². The standard InChI is InChI=1S/C27H16O2/c1-15-10-12-21-20(14-15)24-25-23-17-7-3-2-6-16(17)11-13-22(23)29-27(25)19-9-5-4-8-18(19)26(24)28-21/h2-14H,1H3. The lowest BCUT2D eigenvalue weighted by molar-refractivity contribution is 0.668. The Morgan fingerprint density at radius 2 is 1.17 bits per heavy atom. The Morgan fingerprint density at radius 3 is 2.00 bits per heavy atom. The van der Waals surface area contributed by atoms with Crippen LogP contribution in [0.2, 0.25) is 0 Å². The van der Waals surface area contributed by atoms with Crippen LogP contribution in [0.5, 0.6) is 0 Å². The number of hydrogen-bond acceptors (Lipinski definition) is 2. The lowest BCUT2D eigenvalue weighted by Gasteiger charge is -2.03. The summed E-state index contributed by atoms with van der Waals surface area (Å²) in [5, 5.41) is 9.21. The van der Waals surface area contributed by atoms with Gasteiger partial charge in [-0.1, -0.05) is 66.2 Å². The number of aryl methyl sites for hydroxylation is 1. The van der Waals surface area contributed by atoms with Crippen molar-refractivity contribution >= 4 is 65.4 Å². The summed E-state index contributed by atoms with van der Waals surface area (Å²) in [5.41, 5.74) is 4.92. The van der Waals surface area contributed by atoms with Crippen molar-refractivity contribution in [3.05, 3.63) is 84.4 Å². The largest absolute Gasteiger partial charge is 0.455 e. The maximum absolute atomic E-state index is 6.49. The molecule has 0 bridgehead atoms. The average Bonchev–Trinajstić information content (AvgIpc) is 3.32. The Balaban J connectivity index is 1.92. The van der Waals surface area contributed by atoms with Crippen LogP contribution in [0.4, 0.5) is 0 Å². The highest BCUT2D eigenvalue weighted by molar-refractivity contribution is 6.37. The quantitative estimate of drug-likeness (QED) is 0.269. The van der Waals surface area contributed by atoms with E-state index in [9.17, 15) is 0 Å². The monoisotopic (exact) mass is 372 g/mol. The van der Waals surface area contributed by atoms with Crippen LogP contribution in [-0.4, -0.2) is 0 Å². The first-order valence-electron chi connectivity index (χ1n) is 9.87. The molecule has 136 valence electrons. The van der Waals surface area contributed by atoms with Gasteiger partial charge in [0.15, 0.2) is 0 Å². The molecule has 0 aliphatic rings. The van der Waals surface area contributed by atoms with Crippen molar-refractivity contribution in [2.45, 2.75) is 6.92 Å². The highest BCUT2D eigenvalue weighted by atomic mass is 16.3. The zero-order valence-electron chi connectivity index (χ0n) is 15.8. The summed E-state index contributed by atoms with van der Waals surface area (Å²) in [6, 6.07) is 27.5. The van der Waals surface area contributed by atoms with Gasteiger partial charge in [0.1, 0.15) is 22.3 Å². The van der Waals surface area contributed by atoms with Crippen molar-refractivity contribution in [1.29, 1.82) is 0 Å². The molecule has 29 heavy (non-hydrogen) atoms. The van der Waals surface area contributed by atoms with E-state index in [4.69, 9.17) is 8.83 Å². The predicted octanol–water partition coefficient (Wildman–Crippen LogP) is 8.10. The van der Waals surface area contributed by atoms with Gasteiger partial charge in [-0.05, 0) is 35.9 Å². The molecule has 5 aromatic carbocycles. The number of benzene rings is 5. The van der Waals surface area contributed by atoms with Crippen molar-refractivity contribution in [2.75, 3.05) is 0 Å². The Morgan fingerprint density at radius 1 is 0.517 bits per heavy atom. The Bertz CT molecular complexity index is 1760. The minimum Gasteiger partial charge on any atom is -0.455 e. The van der Waals surface area contributed by atoms with Crippen LogP contribution in [0, 0.1) is 6.92 Å². The summed E-state index contributed by atoms with van der Waals surface area (Å²) in [5.74, 6) is 0. The van der Waals surface area contributed by atoms with Crippen molar-refractivity contribution in [2.24, 2.45) is 0 Å². The van der Waals surface area contributed by atoms with Crippen molar-refractivity contribution in [3.8, 4) is 0 Å². The second-order valence-electron chi connectivity index (χ2n) is 7.82. The maximum Gasteiger partial charge on any atom is 0.144 e. The normalized spacial score (nSPS) is 12.3. The molecule has 0 saturated carbocycles. The zero-order valence-corrected chi connectivity index (χ0v) is 15.8. The smallest absolute Gasteiger partial charge is 0.144 e. The van der Waals surface area contributed by atoms with E-state index >= 15 is 0 Å². The van der Waals surface area contributed by atoms with Gasteiger partial charge in [0.25, 0.3) is 0 Å². The molecule has 0 atom stereocenters.